The average molecular weight is 201 g/mol. The molecule has 0 bridgehead atoms. The number of hydrogen-bond acceptors (Lipinski definition) is 3. The summed E-state index contributed by atoms with van der Waals surface area (Å²) >= 11 is 0. The maximum absolute atomic E-state index is 9.03. The van der Waals surface area contributed by atoms with Crippen LogP contribution in [0.15, 0.2) is 18.3 Å². The molecule has 3 heteroatoms. The molecule has 1 aromatic rings. The van der Waals surface area contributed by atoms with Crippen molar-refractivity contribution in [1.82, 2.24) is 4.98 Å². The largest absolute Gasteiger partial charge is 0.350 e. The molecule has 1 fully saturated rings. The summed E-state index contributed by atoms with van der Waals surface area (Å²) in [6, 6.07) is 6.83. The van der Waals surface area contributed by atoms with Crippen LogP contribution in [0.3, 0.4) is 0 Å². The number of aromatic nitrogens is 1. The van der Waals surface area contributed by atoms with Gasteiger partial charge in [-0.1, -0.05) is 0 Å². The molecule has 0 radical (unpaired) electrons. The standard InChI is InChI=1S/C12H15N3/c1-9-5-6-10(2)15(9)12-11(8-13)4-3-7-14-12/h3-4,7,9-10H,5-6H2,1-2H3. The Morgan fingerprint density at radius 2 is 2.07 bits per heavy atom. The quantitative estimate of drug-likeness (QED) is 0.700. The van der Waals surface area contributed by atoms with Crippen LogP contribution in [0.4, 0.5) is 5.82 Å². The first-order chi connectivity index (χ1) is 7.24. The first kappa shape index (κ1) is 9.97. The van der Waals surface area contributed by atoms with Crippen molar-refractivity contribution >= 4 is 5.82 Å². The topological polar surface area (TPSA) is 39.9 Å². The molecule has 2 rings (SSSR count). The number of nitriles is 1. The highest BCUT2D eigenvalue weighted by Crippen LogP contribution is 2.30. The molecule has 0 spiro atoms. The monoisotopic (exact) mass is 201 g/mol. The lowest BCUT2D eigenvalue weighted by atomic mass is 10.2. The molecule has 1 aromatic heterocycles. The van der Waals surface area contributed by atoms with Gasteiger partial charge in [0.25, 0.3) is 0 Å². The van der Waals surface area contributed by atoms with E-state index in [1.165, 1.54) is 12.8 Å². The van der Waals surface area contributed by atoms with Crippen molar-refractivity contribution in [3.05, 3.63) is 23.9 Å². The van der Waals surface area contributed by atoms with Crippen LogP contribution in [0.25, 0.3) is 0 Å². The highest BCUT2D eigenvalue weighted by molar-refractivity contribution is 5.55. The molecular formula is C12H15N3. The molecule has 78 valence electrons. The molecule has 0 saturated carbocycles. The number of pyridine rings is 1. The highest BCUT2D eigenvalue weighted by Gasteiger charge is 2.29. The zero-order chi connectivity index (χ0) is 10.8. The van der Waals surface area contributed by atoms with E-state index in [2.05, 4.69) is 29.8 Å². The normalized spacial score (nSPS) is 25.3. The minimum atomic E-state index is 0.488. The van der Waals surface area contributed by atoms with Crippen LogP contribution in [0.5, 0.6) is 0 Å². The van der Waals surface area contributed by atoms with Gasteiger partial charge in [0.05, 0.1) is 5.56 Å². The first-order valence-corrected chi connectivity index (χ1v) is 5.37. The molecule has 1 aliphatic heterocycles. The molecule has 0 amide bonds. The Bertz CT molecular complexity index is 384. The summed E-state index contributed by atoms with van der Waals surface area (Å²) in [5.74, 6) is 0.845. The van der Waals surface area contributed by atoms with Crippen molar-refractivity contribution in [1.29, 1.82) is 5.26 Å². The van der Waals surface area contributed by atoms with Gasteiger partial charge in [-0.3, -0.25) is 0 Å². The molecule has 3 nitrogen and oxygen atoms in total. The van der Waals surface area contributed by atoms with E-state index in [1.54, 1.807) is 6.20 Å². The molecule has 1 saturated heterocycles. The van der Waals surface area contributed by atoms with E-state index in [-0.39, 0.29) is 0 Å². The minimum absolute atomic E-state index is 0.488. The van der Waals surface area contributed by atoms with Crippen LogP contribution in [-0.2, 0) is 0 Å². The molecule has 2 heterocycles. The minimum Gasteiger partial charge on any atom is -0.350 e. The molecule has 2 unspecified atom stereocenters. The van der Waals surface area contributed by atoms with E-state index in [0.29, 0.717) is 17.6 Å². The second-order valence-corrected chi connectivity index (χ2v) is 4.17. The Hall–Kier alpha value is -1.56. The van der Waals surface area contributed by atoms with Gasteiger partial charge in [0.2, 0.25) is 0 Å². The van der Waals surface area contributed by atoms with Crippen LogP contribution in [0.1, 0.15) is 32.3 Å². The fraction of sp³-hybridized carbons (Fsp3) is 0.500. The van der Waals surface area contributed by atoms with E-state index in [4.69, 9.17) is 5.26 Å². The molecule has 0 aromatic carbocycles. The Morgan fingerprint density at radius 3 is 2.67 bits per heavy atom. The predicted octanol–water partition coefficient (Wildman–Crippen LogP) is 2.33. The summed E-state index contributed by atoms with van der Waals surface area (Å²) < 4.78 is 0. The van der Waals surface area contributed by atoms with Crippen LogP contribution >= 0.6 is 0 Å². The molecule has 2 atom stereocenters. The van der Waals surface area contributed by atoms with Crippen molar-refractivity contribution in [3.63, 3.8) is 0 Å². The van der Waals surface area contributed by atoms with E-state index in [1.807, 2.05) is 12.1 Å². The Labute approximate surface area is 90.4 Å². The van der Waals surface area contributed by atoms with Crippen molar-refractivity contribution in [2.75, 3.05) is 4.90 Å². The van der Waals surface area contributed by atoms with Crippen molar-refractivity contribution < 1.29 is 0 Å². The Morgan fingerprint density at radius 1 is 1.40 bits per heavy atom. The number of rotatable bonds is 1. The average Bonchev–Trinajstić information content (AvgIpc) is 2.59. The zero-order valence-corrected chi connectivity index (χ0v) is 9.14. The van der Waals surface area contributed by atoms with Crippen molar-refractivity contribution in [3.8, 4) is 6.07 Å². The van der Waals surface area contributed by atoms with Gasteiger partial charge in [-0.15, -0.1) is 0 Å². The summed E-state index contributed by atoms with van der Waals surface area (Å²) in [5.41, 5.74) is 0.679. The predicted molar refractivity (Wildman–Crippen MR) is 59.6 cm³/mol. The smallest absolute Gasteiger partial charge is 0.146 e. The SMILES string of the molecule is CC1CCC(C)N1c1ncccc1C#N. The second-order valence-electron chi connectivity index (χ2n) is 4.17. The maximum atomic E-state index is 9.03. The summed E-state index contributed by atoms with van der Waals surface area (Å²) in [6.07, 6.45) is 4.12. The molecule has 0 aliphatic carbocycles. The lowest BCUT2D eigenvalue weighted by molar-refractivity contribution is 0.682. The molecule has 0 N–H and O–H groups in total. The highest BCUT2D eigenvalue weighted by atomic mass is 15.2. The van der Waals surface area contributed by atoms with E-state index in [9.17, 15) is 0 Å². The molecule has 15 heavy (non-hydrogen) atoms. The van der Waals surface area contributed by atoms with Gasteiger partial charge in [-0.2, -0.15) is 5.26 Å². The van der Waals surface area contributed by atoms with Crippen LogP contribution in [0, 0.1) is 11.3 Å². The van der Waals surface area contributed by atoms with Gasteiger partial charge in [0.1, 0.15) is 11.9 Å². The van der Waals surface area contributed by atoms with Gasteiger partial charge in [0, 0.05) is 18.3 Å². The van der Waals surface area contributed by atoms with Gasteiger partial charge in [0.15, 0.2) is 0 Å². The van der Waals surface area contributed by atoms with Crippen LogP contribution in [0.2, 0.25) is 0 Å². The molecule has 1 aliphatic rings. The van der Waals surface area contributed by atoms with Gasteiger partial charge in [-0.05, 0) is 38.8 Å². The fourth-order valence-electron chi connectivity index (χ4n) is 2.30. The fourth-order valence-corrected chi connectivity index (χ4v) is 2.30. The summed E-state index contributed by atoms with van der Waals surface area (Å²) in [7, 11) is 0. The number of anilines is 1. The second kappa shape index (κ2) is 3.90. The summed E-state index contributed by atoms with van der Waals surface area (Å²) in [5, 5.41) is 9.03. The Kier molecular flexibility index (Phi) is 2.59. The van der Waals surface area contributed by atoms with E-state index < -0.39 is 0 Å². The number of nitrogens with zero attached hydrogens (tertiary/aromatic N) is 3. The third kappa shape index (κ3) is 1.68. The summed E-state index contributed by atoms with van der Waals surface area (Å²) in [6.45, 7) is 4.39. The zero-order valence-electron chi connectivity index (χ0n) is 9.14. The van der Waals surface area contributed by atoms with Crippen LogP contribution < -0.4 is 4.90 Å². The lowest BCUT2D eigenvalue weighted by Crippen LogP contribution is -2.33. The van der Waals surface area contributed by atoms with Crippen LogP contribution in [-0.4, -0.2) is 17.1 Å². The maximum Gasteiger partial charge on any atom is 0.146 e. The van der Waals surface area contributed by atoms with Crippen molar-refractivity contribution in [2.24, 2.45) is 0 Å². The molecular weight excluding hydrogens is 186 g/mol. The van der Waals surface area contributed by atoms with E-state index in [0.717, 1.165) is 5.82 Å². The van der Waals surface area contributed by atoms with Gasteiger partial charge in [-0.25, -0.2) is 4.98 Å². The van der Waals surface area contributed by atoms with Gasteiger partial charge >= 0.3 is 0 Å². The van der Waals surface area contributed by atoms with Crippen molar-refractivity contribution in [2.45, 2.75) is 38.8 Å². The third-order valence-corrected chi connectivity index (χ3v) is 3.10. The first-order valence-electron chi connectivity index (χ1n) is 5.37. The van der Waals surface area contributed by atoms with Gasteiger partial charge < -0.3 is 4.90 Å². The van der Waals surface area contributed by atoms with E-state index >= 15 is 0 Å². The Balaban J connectivity index is 2.41. The third-order valence-electron chi connectivity index (χ3n) is 3.10. The lowest BCUT2D eigenvalue weighted by Gasteiger charge is -2.27. The number of hydrogen-bond donors (Lipinski definition) is 0. The summed E-state index contributed by atoms with van der Waals surface area (Å²) in [4.78, 5) is 6.60.